The van der Waals surface area contributed by atoms with E-state index in [0.717, 1.165) is 18.9 Å². The van der Waals surface area contributed by atoms with Crippen molar-refractivity contribution in [3.05, 3.63) is 105 Å². The van der Waals surface area contributed by atoms with Crippen LogP contribution in [0.25, 0.3) is 44.6 Å². The molecule has 0 unspecified atom stereocenters. The average Bonchev–Trinajstić information content (AvgIpc) is 3.24. The third kappa shape index (κ3) is 16.0. The van der Waals surface area contributed by atoms with Crippen molar-refractivity contribution in [3.8, 4) is 57.1 Å². The monoisotopic (exact) mass is 924 g/mol. The van der Waals surface area contributed by atoms with Crippen molar-refractivity contribution >= 4 is 51.8 Å². The van der Waals surface area contributed by atoms with Crippen LogP contribution in [0.3, 0.4) is 0 Å². The molecule has 4 aromatic carbocycles. The third-order valence-corrected chi connectivity index (χ3v) is 9.04. The summed E-state index contributed by atoms with van der Waals surface area (Å²) in [5.41, 5.74) is 0.532. The van der Waals surface area contributed by atoms with Gasteiger partial charge in [-0.25, -0.2) is 0 Å². The highest BCUT2D eigenvalue weighted by Crippen LogP contribution is 2.34. The summed E-state index contributed by atoms with van der Waals surface area (Å²) in [4.78, 5) is 82.3. The molecular weight excluding hydrogens is 869 g/mol. The molecule has 0 saturated heterocycles. The Labute approximate surface area is 386 Å². The first-order valence-electron chi connectivity index (χ1n) is 21.5. The number of esters is 5. The van der Waals surface area contributed by atoms with Gasteiger partial charge in [-0.2, -0.15) is 0 Å². The van der Waals surface area contributed by atoms with Crippen LogP contribution in [0.5, 0.6) is 34.5 Å². The van der Waals surface area contributed by atoms with Gasteiger partial charge in [0.2, 0.25) is 0 Å². The van der Waals surface area contributed by atoms with Gasteiger partial charge in [0.15, 0.2) is 10.9 Å². The number of carbonyl (C=O) groups excluding carboxylic acids is 5. The normalized spacial score (nSPS) is 10.3. The lowest BCUT2D eigenvalue weighted by Crippen LogP contribution is -2.12. The molecule has 0 amide bonds. The summed E-state index contributed by atoms with van der Waals surface area (Å²) in [6, 6.07) is 20.3. The summed E-state index contributed by atoms with van der Waals surface area (Å²) in [7, 11) is 0. The smallest absolute Gasteiger partial charge is 0.313 e. The Balaban J connectivity index is 0.000000311. The van der Waals surface area contributed by atoms with E-state index in [9.17, 15) is 48.9 Å². The summed E-state index contributed by atoms with van der Waals surface area (Å²) in [6.07, 6.45) is 4.66. The molecule has 16 heteroatoms. The lowest BCUT2D eigenvalue weighted by atomic mass is 10.1. The van der Waals surface area contributed by atoms with Crippen molar-refractivity contribution in [3.63, 3.8) is 0 Å². The van der Waals surface area contributed by atoms with Gasteiger partial charge < -0.3 is 43.1 Å². The van der Waals surface area contributed by atoms with Crippen LogP contribution in [0.4, 0.5) is 0 Å². The van der Waals surface area contributed by atoms with Gasteiger partial charge in [-0.05, 0) is 80.6 Å². The largest absolute Gasteiger partial charge is 0.508 e. The highest BCUT2D eigenvalue weighted by molar-refractivity contribution is 5.90. The maximum absolute atomic E-state index is 13.0. The molecule has 356 valence electrons. The molecule has 0 atom stereocenters. The molecule has 3 N–H and O–H groups in total. The van der Waals surface area contributed by atoms with E-state index in [4.69, 9.17) is 23.0 Å². The zero-order valence-corrected chi connectivity index (χ0v) is 37.3. The second-order valence-corrected chi connectivity index (χ2v) is 14.7. The van der Waals surface area contributed by atoms with Gasteiger partial charge in [0.1, 0.15) is 68.0 Å². The predicted molar refractivity (Wildman–Crippen MR) is 250 cm³/mol. The number of rotatable bonds is 15. The van der Waals surface area contributed by atoms with Crippen molar-refractivity contribution < 1.29 is 67.1 Å². The lowest BCUT2D eigenvalue weighted by molar-refractivity contribution is -0.159. The van der Waals surface area contributed by atoms with Gasteiger partial charge in [-0.15, -0.1) is 0 Å². The predicted octanol–water partition coefficient (Wildman–Crippen LogP) is 10.4. The minimum Gasteiger partial charge on any atom is -0.508 e. The van der Waals surface area contributed by atoms with E-state index in [1.807, 2.05) is 34.6 Å². The first kappa shape index (κ1) is 53.6. The number of benzene rings is 4. The van der Waals surface area contributed by atoms with Crippen molar-refractivity contribution in [2.75, 3.05) is 0 Å². The Bertz CT molecular complexity index is 2750. The molecule has 0 aliphatic rings. The van der Waals surface area contributed by atoms with Gasteiger partial charge in [-0.1, -0.05) is 42.0 Å². The van der Waals surface area contributed by atoms with Crippen LogP contribution in [0.15, 0.2) is 103 Å². The fourth-order valence-corrected chi connectivity index (χ4v) is 6.01. The van der Waals surface area contributed by atoms with E-state index in [-0.39, 0.29) is 88.4 Å². The molecule has 0 fully saturated rings. The Hall–Kier alpha value is -7.75. The van der Waals surface area contributed by atoms with Gasteiger partial charge in [-0.3, -0.25) is 33.6 Å². The number of carbonyl (C=O) groups is 5. The van der Waals surface area contributed by atoms with Crippen LogP contribution >= 0.6 is 0 Å². The summed E-state index contributed by atoms with van der Waals surface area (Å²) in [5.74, 6) is -1.54. The van der Waals surface area contributed by atoms with Gasteiger partial charge in [0.25, 0.3) is 0 Å². The maximum Gasteiger partial charge on any atom is 0.313 e. The maximum atomic E-state index is 13.0. The minimum absolute atomic E-state index is 0. The molecule has 0 saturated carbocycles. The van der Waals surface area contributed by atoms with Crippen molar-refractivity contribution in [1.82, 2.24) is 0 Å². The molecule has 16 nitrogen and oxygen atoms in total. The summed E-state index contributed by atoms with van der Waals surface area (Å²) in [5, 5.41) is 28.5. The quantitative estimate of drug-likeness (QED) is 0.0492. The van der Waals surface area contributed by atoms with E-state index in [2.05, 4.69) is 4.74 Å². The van der Waals surface area contributed by atoms with Crippen LogP contribution in [-0.4, -0.2) is 45.2 Å². The second kappa shape index (κ2) is 26.3. The average molecular weight is 925 g/mol. The number of aromatic hydroxyl groups is 3. The zero-order chi connectivity index (χ0) is 48.3. The highest BCUT2D eigenvalue weighted by Gasteiger charge is 2.19. The van der Waals surface area contributed by atoms with E-state index in [0.29, 0.717) is 55.4 Å². The molecular formula is C51H56O16. The first-order valence-corrected chi connectivity index (χ1v) is 21.5. The van der Waals surface area contributed by atoms with Crippen LogP contribution < -0.4 is 25.1 Å². The molecule has 67 heavy (non-hydrogen) atoms. The Kier molecular flexibility index (Phi) is 21.0. The van der Waals surface area contributed by atoms with Crippen molar-refractivity contribution in [2.45, 2.75) is 106 Å². The van der Waals surface area contributed by atoms with Gasteiger partial charge in [0, 0.05) is 79.6 Å². The SMILES string of the molecule is C.CCCC(=O)OC(=O)CCC.CCCC(=O)Oc1ccc(-c2cc(=O)c3c(OC(=O)CCC)cc(OC(=O)CCC)cc3o2)cc1.O=c1cc(-c2ccc(O)cc2)oc2cc(O)cc(O)c12. The number of hydrogen-bond acceptors (Lipinski definition) is 16. The Morgan fingerprint density at radius 1 is 0.463 bits per heavy atom. The van der Waals surface area contributed by atoms with E-state index >= 15 is 0 Å². The standard InChI is InChI=1S/C27H28O8.C15H10O5.C8H14O3.CH4/c1-4-7-24(29)32-18-12-10-17(11-13-18)21-16-20(28)27-22(34-21)14-19(33-25(30)8-5-2)15-23(27)35-26(31)9-6-3;16-9-3-1-8(2-4-9)13-7-12(19)15-11(18)5-10(17)6-14(15)20-13;1-3-5-7(9)11-8(10)6-4-2;/h10-16H,4-9H2,1-3H3;1-7,16-18H;3-6H2,1-2H3;1H4. The summed E-state index contributed by atoms with van der Waals surface area (Å²) < 4.78 is 32.0. The molecule has 2 heterocycles. The fourth-order valence-electron chi connectivity index (χ4n) is 6.01. The van der Waals surface area contributed by atoms with Crippen LogP contribution in [0.1, 0.15) is 106 Å². The van der Waals surface area contributed by atoms with Crippen LogP contribution in [-0.2, 0) is 28.7 Å². The molecule has 0 aliphatic heterocycles. The first-order chi connectivity index (χ1) is 31.6. The molecule has 0 aliphatic carbocycles. The van der Waals surface area contributed by atoms with Crippen molar-refractivity contribution in [2.24, 2.45) is 0 Å². The van der Waals surface area contributed by atoms with E-state index in [1.54, 1.807) is 36.4 Å². The number of ether oxygens (including phenoxy) is 4. The zero-order valence-electron chi connectivity index (χ0n) is 37.3. The lowest BCUT2D eigenvalue weighted by Gasteiger charge is -2.11. The number of phenolic OH excluding ortho intramolecular Hbond substituents is 3. The number of fused-ring (bicyclic) bond motifs is 2. The Morgan fingerprint density at radius 2 is 0.881 bits per heavy atom. The van der Waals surface area contributed by atoms with E-state index in [1.165, 1.54) is 42.5 Å². The minimum atomic E-state index is -0.512. The van der Waals surface area contributed by atoms with Gasteiger partial charge in [0.05, 0.1) is 0 Å². The van der Waals surface area contributed by atoms with Crippen LogP contribution in [0, 0.1) is 0 Å². The Morgan fingerprint density at radius 3 is 1.37 bits per heavy atom. The third-order valence-electron chi connectivity index (χ3n) is 9.04. The van der Waals surface area contributed by atoms with Crippen molar-refractivity contribution in [1.29, 1.82) is 0 Å². The second-order valence-electron chi connectivity index (χ2n) is 14.7. The number of hydrogen-bond donors (Lipinski definition) is 3. The summed E-state index contributed by atoms with van der Waals surface area (Å²) in [6.45, 7) is 9.30. The fraction of sp³-hybridized carbons (Fsp3) is 0.314. The molecule has 6 rings (SSSR count). The molecule has 2 aromatic heterocycles. The highest BCUT2D eigenvalue weighted by atomic mass is 16.6. The summed E-state index contributed by atoms with van der Waals surface area (Å²) >= 11 is 0. The molecule has 6 aromatic rings. The number of phenols is 3. The molecule has 0 radical (unpaired) electrons. The van der Waals surface area contributed by atoms with Crippen LogP contribution in [0.2, 0.25) is 0 Å². The van der Waals surface area contributed by atoms with Gasteiger partial charge >= 0.3 is 29.8 Å². The molecule has 0 spiro atoms. The van der Waals surface area contributed by atoms with E-state index < -0.39 is 34.7 Å². The molecule has 0 bridgehead atoms. The topological polar surface area (TPSA) is 243 Å².